The Kier molecular flexibility index (Phi) is 4.28. The third-order valence-electron chi connectivity index (χ3n) is 2.77. The lowest BCUT2D eigenvalue weighted by Gasteiger charge is -2.15. The fourth-order valence-corrected chi connectivity index (χ4v) is 1.92. The van der Waals surface area contributed by atoms with Crippen molar-refractivity contribution in [2.24, 2.45) is 5.84 Å². The molecule has 0 saturated heterocycles. The van der Waals surface area contributed by atoms with E-state index in [9.17, 15) is 10.1 Å². The first-order valence-electron chi connectivity index (χ1n) is 6.25. The number of anilines is 2. The highest BCUT2D eigenvalue weighted by Crippen LogP contribution is 2.26. The summed E-state index contributed by atoms with van der Waals surface area (Å²) in [4.78, 5) is 18.6. The molecule has 0 aliphatic rings. The number of aromatic nitrogens is 4. The summed E-state index contributed by atoms with van der Waals surface area (Å²) in [6, 6.07) is 1.68. The Morgan fingerprint density at radius 2 is 2.29 bits per heavy atom. The molecule has 10 heteroatoms. The molecule has 0 saturated carbocycles. The molecule has 0 bridgehead atoms. The van der Waals surface area contributed by atoms with Crippen molar-refractivity contribution in [3.63, 3.8) is 0 Å². The summed E-state index contributed by atoms with van der Waals surface area (Å²) in [5.74, 6) is 5.51. The maximum atomic E-state index is 11.2. The van der Waals surface area contributed by atoms with E-state index in [-0.39, 0.29) is 29.2 Å². The van der Waals surface area contributed by atoms with Crippen LogP contribution in [0.3, 0.4) is 0 Å². The number of nitrogens with zero attached hydrogens (tertiary/aromatic N) is 5. The number of rotatable bonds is 6. The van der Waals surface area contributed by atoms with Gasteiger partial charge in [-0.25, -0.2) is 10.8 Å². The number of hydrogen-bond acceptors (Lipinski definition) is 8. The minimum Gasteiger partial charge on any atom is -0.360 e. The van der Waals surface area contributed by atoms with Crippen molar-refractivity contribution in [1.82, 2.24) is 19.7 Å². The summed E-state index contributed by atoms with van der Waals surface area (Å²) in [7, 11) is 0. The van der Waals surface area contributed by atoms with Crippen LogP contribution in [-0.2, 0) is 6.54 Å². The maximum absolute atomic E-state index is 11.2. The molecule has 1 unspecified atom stereocenters. The van der Waals surface area contributed by atoms with Gasteiger partial charge in [-0.1, -0.05) is 0 Å². The molecule has 0 spiro atoms. The van der Waals surface area contributed by atoms with Gasteiger partial charge in [-0.3, -0.25) is 20.2 Å². The largest absolute Gasteiger partial charge is 0.360 e. The van der Waals surface area contributed by atoms with Gasteiger partial charge >= 0.3 is 5.69 Å². The van der Waals surface area contributed by atoms with E-state index in [1.807, 2.05) is 13.1 Å². The van der Waals surface area contributed by atoms with Crippen molar-refractivity contribution < 1.29 is 4.92 Å². The highest BCUT2D eigenvalue weighted by atomic mass is 16.6. The first-order valence-corrected chi connectivity index (χ1v) is 6.25. The fourth-order valence-electron chi connectivity index (χ4n) is 1.92. The van der Waals surface area contributed by atoms with Crippen LogP contribution in [0.1, 0.15) is 12.6 Å². The Hall–Kier alpha value is -2.75. The molecule has 0 fully saturated rings. The van der Waals surface area contributed by atoms with Crippen LogP contribution in [0.2, 0.25) is 0 Å². The third-order valence-corrected chi connectivity index (χ3v) is 2.77. The number of nitrogens with one attached hydrogen (secondary N) is 2. The van der Waals surface area contributed by atoms with Gasteiger partial charge in [0.05, 0.1) is 11.5 Å². The predicted molar refractivity (Wildman–Crippen MR) is 76.5 cm³/mol. The van der Waals surface area contributed by atoms with Crippen LogP contribution in [0.5, 0.6) is 0 Å². The second kappa shape index (κ2) is 6.13. The zero-order valence-electron chi connectivity index (χ0n) is 11.6. The van der Waals surface area contributed by atoms with Crippen LogP contribution in [0, 0.1) is 17.0 Å². The molecule has 4 N–H and O–H groups in total. The summed E-state index contributed by atoms with van der Waals surface area (Å²) in [6.07, 6.45) is 3.48. The molecular weight excluding hydrogens is 276 g/mol. The van der Waals surface area contributed by atoms with Crippen LogP contribution in [0.4, 0.5) is 17.5 Å². The van der Waals surface area contributed by atoms with Gasteiger partial charge in [-0.05, 0) is 19.9 Å². The number of nitrogen functional groups attached to an aromatic ring is 1. The zero-order chi connectivity index (χ0) is 15.4. The van der Waals surface area contributed by atoms with Crippen molar-refractivity contribution in [2.75, 3.05) is 10.7 Å². The summed E-state index contributed by atoms with van der Waals surface area (Å²) in [5.41, 5.74) is 2.36. The van der Waals surface area contributed by atoms with E-state index in [0.29, 0.717) is 6.54 Å². The molecule has 0 aliphatic carbocycles. The predicted octanol–water partition coefficient (Wildman–Crippen LogP) is 0.676. The van der Waals surface area contributed by atoms with E-state index in [2.05, 4.69) is 25.8 Å². The normalized spacial score (nSPS) is 12.0. The average molecular weight is 292 g/mol. The lowest BCUT2D eigenvalue weighted by molar-refractivity contribution is -0.385. The van der Waals surface area contributed by atoms with Crippen molar-refractivity contribution >= 4 is 17.5 Å². The van der Waals surface area contributed by atoms with Gasteiger partial charge < -0.3 is 5.32 Å². The topological polar surface area (TPSA) is 137 Å². The second-order valence-corrected chi connectivity index (χ2v) is 4.50. The highest BCUT2D eigenvalue weighted by molar-refractivity contribution is 5.61. The van der Waals surface area contributed by atoms with Gasteiger partial charge in [0.2, 0.25) is 11.8 Å². The molecule has 0 radical (unpaired) electrons. The highest BCUT2D eigenvalue weighted by Gasteiger charge is 2.23. The first-order chi connectivity index (χ1) is 10.0. The number of hydrogen-bond donors (Lipinski definition) is 3. The Labute approximate surface area is 120 Å². The van der Waals surface area contributed by atoms with Gasteiger partial charge in [0.15, 0.2) is 0 Å². The Balaban J connectivity index is 2.24. The lowest BCUT2D eigenvalue weighted by atomic mass is 10.3. The second-order valence-electron chi connectivity index (χ2n) is 4.50. The smallest absolute Gasteiger partial charge is 0.332 e. The standard InChI is InChI=1S/C11H16N8O2/c1-7(6-18-5-3-4-13-18)14-10-9(19(20)21)8(2)15-11(16-10)17-12/h3-5,7H,6,12H2,1-2H3,(H2,14,15,16,17). The first kappa shape index (κ1) is 14.7. The fraction of sp³-hybridized carbons (Fsp3) is 0.364. The number of hydrazine groups is 1. The molecule has 0 aromatic carbocycles. The molecule has 2 heterocycles. The maximum Gasteiger partial charge on any atom is 0.332 e. The minimum atomic E-state index is -0.515. The molecule has 0 amide bonds. The van der Waals surface area contributed by atoms with Crippen molar-refractivity contribution in [1.29, 1.82) is 0 Å². The Morgan fingerprint density at radius 1 is 1.52 bits per heavy atom. The van der Waals surface area contributed by atoms with Gasteiger partial charge in [-0.2, -0.15) is 10.1 Å². The Bertz CT molecular complexity index is 627. The molecule has 2 rings (SSSR count). The molecule has 1 atom stereocenters. The van der Waals surface area contributed by atoms with E-state index in [4.69, 9.17) is 5.84 Å². The third kappa shape index (κ3) is 3.42. The van der Waals surface area contributed by atoms with Gasteiger partial charge in [0.25, 0.3) is 0 Å². The summed E-state index contributed by atoms with van der Waals surface area (Å²) in [5, 5.41) is 18.2. The zero-order valence-corrected chi connectivity index (χ0v) is 11.6. The van der Waals surface area contributed by atoms with Crippen LogP contribution in [0.25, 0.3) is 0 Å². The van der Waals surface area contributed by atoms with Crippen LogP contribution in [-0.4, -0.2) is 30.7 Å². The molecular formula is C11H16N8O2. The number of aryl methyl sites for hydroxylation is 1. The van der Waals surface area contributed by atoms with E-state index in [0.717, 1.165) is 0 Å². The number of nitro groups is 1. The van der Waals surface area contributed by atoms with Gasteiger partial charge in [0.1, 0.15) is 5.69 Å². The van der Waals surface area contributed by atoms with Gasteiger partial charge in [-0.15, -0.1) is 0 Å². The summed E-state index contributed by atoms with van der Waals surface area (Å²) < 4.78 is 1.72. The van der Waals surface area contributed by atoms with E-state index >= 15 is 0 Å². The molecule has 2 aromatic heterocycles. The average Bonchev–Trinajstić information content (AvgIpc) is 2.90. The molecule has 21 heavy (non-hydrogen) atoms. The minimum absolute atomic E-state index is 0.117. The summed E-state index contributed by atoms with van der Waals surface area (Å²) in [6.45, 7) is 3.95. The van der Waals surface area contributed by atoms with Crippen molar-refractivity contribution in [2.45, 2.75) is 26.4 Å². The number of nitrogens with two attached hydrogens (primary N) is 1. The van der Waals surface area contributed by atoms with E-state index < -0.39 is 4.92 Å². The van der Waals surface area contributed by atoms with Crippen LogP contribution < -0.4 is 16.6 Å². The summed E-state index contributed by atoms with van der Waals surface area (Å²) >= 11 is 0. The SMILES string of the molecule is Cc1nc(NN)nc(NC(C)Cn2cccn2)c1[N+](=O)[O-]. The quantitative estimate of drug-likeness (QED) is 0.401. The molecule has 112 valence electrons. The lowest BCUT2D eigenvalue weighted by Crippen LogP contribution is -2.24. The van der Waals surface area contributed by atoms with E-state index in [1.165, 1.54) is 6.92 Å². The van der Waals surface area contributed by atoms with Crippen LogP contribution >= 0.6 is 0 Å². The monoisotopic (exact) mass is 292 g/mol. The van der Waals surface area contributed by atoms with Crippen molar-refractivity contribution in [3.05, 3.63) is 34.3 Å². The molecule has 10 nitrogen and oxygen atoms in total. The molecule has 0 aliphatic heterocycles. The van der Waals surface area contributed by atoms with Crippen molar-refractivity contribution in [3.8, 4) is 0 Å². The van der Waals surface area contributed by atoms with Gasteiger partial charge in [0, 0.05) is 18.4 Å². The van der Waals surface area contributed by atoms with Crippen LogP contribution in [0.15, 0.2) is 18.5 Å². The Morgan fingerprint density at radius 3 is 2.86 bits per heavy atom. The van der Waals surface area contributed by atoms with E-state index in [1.54, 1.807) is 16.9 Å². The molecule has 2 aromatic rings.